The van der Waals surface area contributed by atoms with Gasteiger partial charge in [0.25, 0.3) is 0 Å². The molecule has 1 N–H and O–H groups in total. The SMILES string of the molecule is CCC(CC)CN(CC)c1ccccc1[C@H](O)CC. The number of nitrogens with zero attached hydrogens (tertiary/aromatic N) is 1. The van der Waals surface area contributed by atoms with Crippen LogP contribution in [0.5, 0.6) is 0 Å². The van der Waals surface area contributed by atoms with Crippen LogP contribution in [0, 0.1) is 5.92 Å². The van der Waals surface area contributed by atoms with Crippen molar-refractivity contribution in [1.29, 1.82) is 0 Å². The van der Waals surface area contributed by atoms with Gasteiger partial charge in [0.05, 0.1) is 6.10 Å². The summed E-state index contributed by atoms with van der Waals surface area (Å²) in [6.07, 6.45) is 2.84. The van der Waals surface area contributed by atoms with Gasteiger partial charge in [0.2, 0.25) is 0 Å². The summed E-state index contributed by atoms with van der Waals surface area (Å²) < 4.78 is 0. The lowest BCUT2D eigenvalue weighted by molar-refractivity contribution is 0.174. The molecular formula is C17H29NO. The van der Waals surface area contributed by atoms with Crippen LogP contribution in [0.25, 0.3) is 0 Å². The Balaban J connectivity index is 2.97. The van der Waals surface area contributed by atoms with Crippen LogP contribution in [-0.2, 0) is 0 Å². The van der Waals surface area contributed by atoms with E-state index in [9.17, 15) is 5.11 Å². The standard InChI is InChI=1S/C17H29NO/c1-5-14(6-2)13-18(8-4)16-12-10-9-11-15(16)17(19)7-3/h9-12,14,17,19H,5-8,13H2,1-4H3/t17-/m1/s1. The topological polar surface area (TPSA) is 23.5 Å². The molecule has 0 aliphatic heterocycles. The van der Waals surface area contributed by atoms with Gasteiger partial charge in [-0.1, -0.05) is 51.8 Å². The van der Waals surface area contributed by atoms with Gasteiger partial charge in [-0.25, -0.2) is 0 Å². The van der Waals surface area contributed by atoms with Gasteiger partial charge >= 0.3 is 0 Å². The number of hydrogen-bond donors (Lipinski definition) is 1. The second-order valence-corrected chi connectivity index (χ2v) is 5.20. The zero-order valence-corrected chi connectivity index (χ0v) is 12.9. The number of aliphatic hydroxyl groups excluding tert-OH is 1. The predicted molar refractivity (Wildman–Crippen MR) is 83.7 cm³/mol. The van der Waals surface area contributed by atoms with E-state index in [2.05, 4.69) is 43.9 Å². The first-order valence-electron chi connectivity index (χ1n) is 7.69. The molecule has 2 heteroatoms. The van der Waals surface area contributed by atoms with E-state index in [0.717, 1.165) is 31.0 Å². The number of rotatable bonds is 8. The normalized spacial score (nSPS) is 12.7. The number of anilines is 1. The van der Waals surface area contributed by atoms with Crippen LogP contribution in [-0.4, -0.2) is 18.2 Å². The van der Waals surface area contributed by atoms with E-state index in [1.807, 2.05) is 13.0 Å². The van der Waals surface area contributed by atoms with Crippen LogP contribution in [0.3, 0.4) is 0 Å². The summed E-state index contributed by atoms with van der Waals surface area (Å²) in [6, 6.07) is 8.28. The van der Waals surface area contributed by atoms with Crippen molar-refractivity contribution in [1.82, 2.24) is 0 Å². The van der Waals surface area contributed by atoms with Crippen molar-refractivity contribution in [3.8, 4) is 0 Å². The molecule has 1 aromatic carbocycles. The van der Waals surface area contributed by atoms with Crippen LogP contribution in [0.15, 0.2) is 24.3 Å². The first kappa shape index (κ1) is 16.0. The number of aliphatic hydroxyl groups is 1. The minimum atomic E-state index is -0.355. The summed E-state index contributed by atoms with van der Waals surface area (Å²) in [4.78, 5) is 2.41. The Morgan fingerprint density at radius 3 is 2.16 bits per heavy atom. The van der Waals surface area contributed by atoms with Crippen molar-refractivity contribution in [2.45, 2.75) is 53.1 Å². The highest BCUT2D eigenvalue weighted by molar-refractivity contribution is 5.54. The monoisotopic (exact) mass is 263 g/mol. The summed E-state index contributed by atoms with van der Waals surface area (Å²) >= 11 is 0. The van der Waals surface area contributed by atoms with Crippen molar-refractivity contribution < 1.29 is 5.11 Å². The molecular weight excluding hydrogens is 234 g/mol. The van der Waals surface area contributed by atoms with Crippen LogP contribution < -0.4 is 4.90 Å². The van der Waals surface area contributed by atoms with Gasteiger partial charge in [-0.2, -0.15) is 0 Å². The molecule has 0 aliphatic carbocycles. The van der Waals surface area contributed by atoms with Gasteiger partial charge in [-0.3, -0.25) is 0 Å². The molecule has 0 unspecified atom stereocenters. The Bertz CT molecular complexity index is 360. The lowest BCUT2D eigenvalue weighted by atomic mass is 10.00. The van der Waals surface area contributed by atoms with Crippen molar-refractivity contribution in [2.75, 3.05) is 18.0 Å². The lowest BCUT2D eigenvalue weighted by Crippen LogP contribution is -2.30. The fourth-order valence-electron chi connectivity index (χ4n) is 2.53. The van der Waals surface area contributed by atoms with Crippen molar-refractivity contribution >= 4 is 5.69 Å². The van der Waals surface area contributed by atoms with Crippen molar-refractivity contribution in [2.24, 2.45) is 5.92 Å². The molecule has 1 aromatic rings. The molecule has 0 heterocycles. The maximum atomic E-state index is 10.2. The van der Waals surface area contributed by atoms with Gasteiger partial charge in [0, 0.05) is 24.3 Å². The van der Waals surface area contributed by atoms with E-state index in [1.165, 1.54) is 18.5 Å². The molecule has 0 fully saturated rings. The molecule has 0 aromatic heterocycles. The molecule has 0 radical (unpaired) electrons. The van der Waals surface area contributed by atoms with Crippen LogP contribution in [0.4, 0.5) is 5.69 Å². The highest BCUT2D eigenvalue weighted by atomic mass is 16.3. The van der Waals surface area contributed by atoms with Crippen molar-refractivity contribution in [3.63, 3.8) is 0 Å². The summed E-state index contributed by atoms with van der Waals surface area (Å²) in [5.74, 6) is 0.728. The first-order chi connectivity index (χ1) is 9.17. The van der Waals surface area contributed by atoms with Crippen LogP contribution in [0.1, 0.15) is 58.6 Å². The molecule has 0 saturated carbocycles. The number of hydrogen-bond acceptors (Lipinski definition) is 2. The second-order valence-electron chi connectivity index (χ2n) is 5.20. The largest absolute Gasteiger partial charge is 0.388 e. The average molecular weight is 263 g/mol. The maximum absolute atomic E-state index is 10.2. The van der Waals surface area contributed by atoms with E-state index in [4.69, 9.17) is 0 Å². The molecule has 2 nitrogen and oxygen atoms in total. The van der Waals surface area contributed by atoms with Gasteiger partial charge in [-0.05, 0) is 25.3 Å². The van der Waals surface area contributed by atoms with Gasteiger partial charge < -0.3 is 10.0 Å². The van der Waals surface area contributed by atoms with E-state index in [-0.39, 0.29) is 6.10 Å². The van der Waals surface area contributed by atoms with Gasteiger partial charge in [0.1, 0.15) is 0 Å². The molecule has 108 valence electrons. The summed E-state index contributed by atoms with van der Waals surface area (Å²) in [5, 5.41) is 10.2. The highest BCUT2D eigenvalue weighted by Gasteiger charge is 2.16. The summed E-state index contributed by atoms with van der Waals surface area (Å²) in [5.41, 5.74) is 2.27. The van der Waals surface area contributed by atoms with Gasteiger partial charge in [0.15, 0.2) is 0 Å². The molecule has 0 aliphatic rings. The van der Waals surface area contributed by atoms with Crippen LogP contribution >= 0.6 is 0 Å². The van der Waals surface area contributed by atoms with Crippen LogP contribution in [0.2, 0.25) is 0 Å². The molecule has 0 bridgehead atoms. The zero-order valence-electron chi connectivity index (χ0n) is 12.9. The quantitative estimate of drug-likeness (QED) is 0.751. The van der Waals surface area contributed by atoms with E-state index >= 15 is 0 Å². The Morgan fingerprint density at radius 1 is 1.00 bits per heavy atom. The maximum Gasteiger partial charge on any atom is 0.0807 e. The Morgan fingerprint density at radius 2 is 1.63 bits per heavy atom. The van der Waals surface area contributed by atoms with Gasteiger partial charge in [-0.15, -0.1) is 0 Å². The molecule has 1 atom stereocenters. The Hall–Kier alpha value is -1.02. The smallest absolute Gasteiger partial charge is 0.0807 e. The number of benzene rings is 1. The highest BCUT2D eigenvalue weighted by Crippen LogP contribution is 2.29. The third-order valence-corrected chi connectivity index (χ3v) is 4.04. The fourth-order valence-corrected chi connectivity index (χ4v) is 2.53. The molecule has 1 rings (SSSR count). The Kier molecular flexibility index (Phi) is 6.93. The summed E-state index contributed by atoms with van der Waals surface area (Å²) in [6.45, 7) is 10.8. The summed E-state index contributed by atoms with van der Waals surface area (Å²) in [7, 11) is 0. The second kappa shape index (κ2) is 8.21. The molecule has 19 heavy (non-hydrogen) atoms. The number of para-hydroxylation sites is 1. The third-order valence-electron chi connectivity index (χ3n) is 4.04. The lowest BCUT2D eigenvalue weighted by Gasteiger charge is -2.30. The molecule has 0 spiro atoms. The van der Waals surface area contributed by atoms with E-state index < -0.39 is 0 Å². The predicted octanol–water partition coefficient (Wildman–Crippen LogP) is 4.39. The zero-order chi connectivity index (χ0) is 14.3. The third kappa shape index (κ3) is 4.24. The molecule has 0 saturated heterocycles. The van der Waals surface area contributed by atoms with Crippen molar-refractivity contribution in [3.05, 3.63) is 29.8 Å². The molecule has 0 amide bonds. The minimum absolute atomic E-state index is 0.355. The van der Waals surface area contributed by atoms with E-state index in [0.29, 0.717) is 0 Å². The Labute approximate surface area is 118 Å². The average Bonchev–Trinajstić information content (AvgIpc) is 2.48. The van der Waals surface area contributed by atoms with E-state index in [1.54, 1.807) is 0 Å². The first-order valence-corrected chi connectivity index (χ1v) is 7.69. The minimum Gasteiger partial charge on any atom is -0.388 e. The fraction of sp³-hybridized carbons (Fsp3) is 0.647.